The predicted molar refractivity (Wildman–Crippen MR) is 105 cm³/mol. The van der Waals surface area contributed by atoms with Crippen molar-refractivity contribution >= 4 is 23.5 Å². The molecule has 0 aliphatic heterocycles. The Bertz CT molecular complexity index is 1130. The lowest BCUT2D eigenvalue weighted by Gasteiger charge is -2.05. The third kappa shape index (κ3) is 3.89. The number of furan rings is 1. The second-order valence-corrected chi connectivity index (χ2v) is 6.31. The Kier molecular flexibility index (Phi) is 4.82. The molecule has 7 nitrogen and oxygen atoms in total. The Morgan fingerprint density at radius 3 is 2.57 bits per heavy atom. The van der Waals surface area contributed by atoms with E-state index in [-0.39, 0.29) is 11.7 Å². The number of aryl methyl sites for hydroxylation is 1. The van der Waals surface area contributed by atoms with Gasteiger partial charge in [-0.3, -0.25) is 15.1 Å². The molecular formula is C20H14ClN5O2. The summed E-state index contributed by atoms with van der Waals surface area (Å²) < 4.78 is 5.65. The molecule has 28 heavy (non-hydrogen) atoms. The summed E-state index contributed by atoms with van der Waals surface area (Å²) in [5.74, 6) is 1.21. The lowest BCUT2D eigenvalue weighted by Crippen LogP contribution is -2.15. The fraction of sp³-hybridized carbons (Fsp3) is 0.0500. The van der Waals surface area contributed by atoms with Crippen molar-refractivity contribution in [1.29, 1.82) is 0 Å². The van der Waals surface area contributed by atoms with Crippen LogP contribution in [0.25, 0.3) is 22.8 Å². The van der Waals surface area contributed by atoms with Crippen LogP contribution in [0, 0.1) is 6.92 Å². The molecule has 4 aromatic rings. The van der Waals surface area contributed by atoms with E-state index in [0.717, 1.165) is 5.56 Å². The van der Waals surface area contributed by atoms with Crippen molar-refractivity contribution in [2.24, 2.45) is 0 Å². The number of amides is 1. The molecule has 3 aromatic heterocycles. The van der Waals surface area contributed by atoms with Gasteiger partial charge in [0.2, 0.25) is 5.95 Å². The monoisotopic (exact) mass is 391 g/mol. The normalized spacial score (nSPS) is 10.6. The third-order valence-corrected chi connectivity index (χ3v) is 4.08. The van der Waals surface area contributed by atoms with E-state index in [2.05, 4.69) is 25.3 Å². The number of pyridine rings is 1. The molecule has 0 radical (unpaired) electrons. The molecule has 1 N–H and O–H groups in total. The highest BCUT2D eigenvalue weighted by atomic mass is 35.5. The lowest BCUT2D eigenvalue weighted by molar-refractivity contribution is 0.0996. The molecule has 1 amide bonds. The first-order valence-corrected chi connectivity index (χ1v) is 8.77. The molecule has 0 saturated heterocycles. The summed E-state index contributed by atoms with van der Waals surface area (Å²) in [6, 6.07) is 15.9. The summed E-state index contributed by atoms with van der Waals surface area (Å²) in [7, 11) is 0. The number of hydrogen-bond acceptors (Lipinski definition) is 6. The summed E-state index contributed by atoms with van der Waals surface area (Å²) in [4.78, 5) is 29.4. The van der Waals surface area contributed by atoms with Gasteiger partial charge in [-0.05, 0) is 55.5 Å². The highest BCUT2D eigenvalue weighted by molar-refractivity contribution is 6.30. The van der Waals surface area contributed by atoms with E-state index in [9.17, 15) is 4.79 Å². The standard InChI is InChI=1S/C20H14ClN5O2/c1-12-23-18(15-4-2-3-11-22-15)25-20(24-12)26-19(27)17-10-9-16(28-17)13-5-7-14(21)8-6-13/h2-11H,1H3,(H,23,24,25,26,27). The van der Waals surface area contributed by atoms with Crippen LogP contribution in [-0.2, 0) is 0 Å². The third-order valence-electron chi connectivity index (χ3n) is 3.83. The second-order valence-electron chi connectivity index (χ2n) is 5.87. The molecule has 0 aliphatic carbocycles. The number of nitrogens with zero attached hydrogens (tertiary/aromatic N) is 4. The maximum absolute atomic E-state index is 12.5. The molecule has 0 bridgehead atoms. The van der Waals surface area contributed by atoms with Crippen molar-refractivity contribution in [3.8, 4) is 22.8 Å². The molecule has 0 unspecified atom stereocenters. The van der Waals surface area contributed by atoms with Gasteiger partial charge in [-0.2, -0.15) is 9.97 Å². The molecule has 3 heterocycles. The minimum atomic E-state index is -0.460. The van der Waals surface area contributed by atoms with Gasteiger partial charge in [0.15, 0.2) is 11.6 Å². The first kappa shape index (κ1) is 17.8. The highest BCUT2D eigenvalue weighted by Gasteiger charge is 2.15. The van der Waals surface area contributed by atoms with Crippen LogP contribution < -0.4 is 5.32 Å². The molecule has 0 fully saturated rings. The van der Waals surface area contributed by atoms with Gasteiger partial charge in [-0.15, -0.1) is 0 Å². The minimum Gasteiger partial charge on any atom is -0.451 e. The number of carbonyl (C=O) groups is 1. The number of nitrogens with one attached hydrogen (secondary N) is 1. The van der Waals surface area contributed by atoms with Crippen molar-refractivity contribution in [3.63, 3.8) is 0 Å². The molecule has 4 rings (SSSR count). The number of aromatic nitrogens is 4. The molecule has 138 valence electrons. The van der Waals surface area contributed by atoms with E-state index in [1.54, 1.807) is 49.5 Å². The van der Waals surface area contributed by atoms with Crippen molar-refractivity contribution in [3.05, 3.63) is 77.4 Å². The second kappa shape index (κ2) is 7.58. The number of halogens is 1. The molecule has 0 spiro atoms. The fourth-order valence-corrected chi connectivity index (χ4v) is 2.67. The van der Waals surface area contributed by atoms with Gasteiger partial charge in [0.1, 0.15) is 17.3 Å². The molecular weight excluding hydrogens is 378 g/mol. The summed E-state index contributed by atoms with van der Waals surface area (Å²) in [6.07, 6.45) is 1.65. The smallest absolute Gasteiger partial charge is 0.293 e. The van der Waals surface area contributed by atoms with Crippen LogP contribution in [0.5, 0.6) is 0 Å². The van der Waals surface area contributed by atoms with Crippen LogP contribution in [0.1, 0.15) is 16.4 Å². The van der Waals surface area contributed by atoms with Crippen LogP contribution >= 0.6 is 11.6 Å². The number of hydrogen-bond donors (Lipinski definition) is 1. The van der Waals surface area contributed by atoms with Crippen LogP contribution in [0.2, 0.25) is 5.02 Å². The fourth-order valence-electron chi connectivity index (χ4n) is 2.54. The van der Waals surface area contributed by atoms with Gasteiger partial charge in [0.05, 0.1) is 0 Å². The van der Waals surface area contributed by atoms with Crippen LogP contribution in [0.3, 0.4) is 0 Å². The predicted octanol–water partition coefficient (Wildman–Crippen LogP) is 4.41. The van der Waals surface area contributed by atoms with Crippen molar-refractivity contribution in [1.82, 2.24) is 19.9 Å². The van der Waals surface area contributed by atoms with E-state index in [0.29, 0.717) is 28.1 Å². The van der Waals surface area contributed by atoms with Gasteiger partial charge in [-0.1, -0.05) is 17.7 Å². The van der Waals surface area contributed by atoms with Crippen LogP contribution in [-0.4, -0.2) is 25.8 Å². The number of anilines is 1. The van der Waals surface area contributed by atoms with E-state index >= 15 is 0 Å². The van der Waals surface area contributed by atoms with Crippen molar-refractivity contribution in [2.45, 2.75) is 6.92 Å². The molecule has 0 atom stereocenters. The Hall–Kier alpha value is -3.58. The maximum Gasteiger partial charge on any atom is 0.293 e. The van der Waals surface area contributed by atoms with Crippen molar-refractivity contribution < 1.29 is 9.21 Å². The van der Waals surface area contributed by atoms with Gasteiger partial charge in [0, 0.05) is 16.8 Å². The number of carbonyl (C=O) groups excluding carboxylic acids is 1. The quantitative estimate of drug-likeness (QED) is 0.553. The first-order valence-electron chi connectivity index (χ1n) is 8.40. The molecule has 0 aliphatic rings. The van der Waals surface area contributed by atoms with Crippen LogP contribution in [0.15, 0.2) is 65.2 Å². The molecule has 0 saturated carbocycles. The number of rotatable bonds is 4. The zero-order valence-electron chi connectivity index (χ0n) is 14.8. The first-order chi connectivity index (χ1) is 13.6. The zero-order valence-corrected chi connectivity index (χ0v) is 15.5. The average molecular weight is 392 g/mol. The van der Waals surface area contributed by atoms with Gasteiger partial charge >= 0.3 is 0 Å². The van der Waals surface area contributed by atoms with E-state index in [4.69, 9.17) is 16.0 Å². The van der Waals surface area contributed by atoms with Crippen LogP contribution in [0.4, 0.5) is 5.95 Å². The Morgan fingerprint density at radius 1 is 1.00 bits per heavy atom. The number of benzene rings is 1. The van der Waals surface area contributed by atoms with Crippen molar-refractivity contribution in [2.75, 3.05) is 5.32 Å². The lowest BCUT2D eigenvalue weighted by atomic mass is 10.2. The average Bonchev–Trinajstić information content (AvgIpc) is 3.19. The Labute approximate surface area is 165 Å². The summed E-state index contributed by atoms with van der Waals surface area (Å²) in [5, 5.41) is 3.27. The molecule has 1 aromatic carbocycles. The summed E-state index contributed by atoms with van der Waals surface area (Å²) in [5.41, 5.74) is 1.41. The largest absolute Gasteiger partial charge is 0.451 e. The van der Waals surface area contributed by atoms with E-state index in [1.165, 1.54) is 0 Å². The van der Waals surface area contributed by atoms with E-state index in [1.807, 2.05) is 18.2 Å². The SMILES string of the molecule is Cc1nc(NC(=O)c2ccc(-c3ccc(Cl)cc3)o2)nc(-c2ccccn2)n1. The van der Waals surface area contributed by atoms with Gasteiger partial charge < -0.3 is 4.42 Å². The Balaban J connectivity index is 1.56. The topological polar surface area (TPSA) is 93.8 Å². The highest BCUT2D eigenvalue weighted by Crippen LogP contribution is 2.24. The maximum atomic E-state index is 12.5. The molecule has 8 heteroatoms. The van der Waals surface area contributed by atoms with Gasteiger partial charge in [-0.25, -0.2) is 4.98 Å². The van der Waals surface area contributed by atoms with Gasteiger partial charge in [0.25, 0.3) is 5.91 Å². The Morgan fingerprint density at radius 2 is 1.82 bits per heavy atom. The zero-order chi connectivity index (χ0) is 19.5. The summed E-state index contributed by atoms with van der Waals surface area (Å²) in [6.45, 7) is 1.72. The summed E-state index contributed by atoms with van der Waals surface area (Å²) >= 11 is 5.90. The van der Waals surface area contributed by atoms with E-state index < -0.39 is 5.91 Å². The minimum absolute atomic E-state index is 0.127.